The van der Waals surface area contributed by atoms with E-state index >= 15 is 0 Å². The van der Waals surface area contributed by atoms with Crippen molar-refractivity contribution in [2.75, 3.05) is 39.4 Å². The number of carbonyl (C=O) groups excluding carboxylic acids is 1. The molecule has 2 aromatic carbocycles. The SMILES string of the molecule is COCCN(C(=O)c1cc(OC)cc(OC)c1)c1nc2ccccc2s1. The first-order valence-corrected chi connectivity index (χ1v) is 8.87. The number of ether oxygens (including phenoxy) is 3. The Morgan fingerprint density at radius 1 is 1.08 bits per heavy atom. The first-order valence-electron chi connectivity index (χ1n) is 8.05. The molecule has 136 valence electrons. The maximum atomic E-state index is 13.2. The normalized spacial score (nSPS) is 10.7. The molecule has 0 aliphatic carbocycles. The van der Waals surface area contributed by atoms with Crippen LogP contribution in [0.3, 0.4) is 0 Å². The number of benzene rings is 2. The van der Waals surface area contributed by atoms with Crippen molar-refractivity contribution in [3.05, 3.63) is 48.0 Å². The van der Waals surface area contributed by atoms with E-state index in [1.165, 1.54) is 11.3 Å². The molecule has 3 aromatic rings. The second kappa shape index (κ2) is 8.16. The highest BCUT2D eigenvalue weighted by molar-refractivity contribution is 7.22. The van der Waals surface area contributed by atoms with E-state index in [0.717, 1.165) is 10.2 Å². The van der Waals surface area contributed by atoms with Crippen LogP contribution in [-0.4, -0.2) is 45.4 Å². The molecule has 0 radical (unpaired) electrons. The number of amides is 1. The van der Waals surface area contributed by atoms with E-state index < -0.39 is 0 Å². The maximum Gasteiger partial charge on any atom is 0.260 e. The Morgan fingerprint density at radius 3 is 2.38 bits per heavy atom. The molecule has 0 aliphatic rings. The minimum Gasteiger partial charge on any atom is -0.497 e. The van der Waals surface area contributed by atoms with Gasteiger partial charge in [0, 0.05) is 18.7 Å². The Kier molecular flexibility index (Phi) is 5.70. The Morgan fingerprint density at radius 2 is 1.77 bits per heavy atom. The molecule has 0 unspecified atom stereocenters. The summed E-state index contributed by atoms with van der Waals surface area (Å²) >= 11 is 1.47. The number of hydrogen-bond acceptors (Lipinski definition) is 6. The van der Waals surface area contributed by atoms with Gasteiger partial charge in [-0.05, 0) is 24.3 Å². The fourth-order valence-corrected chi connectivity index (χ4v) is 3.52. The summed E-state index contributed by atoms with van der Waals surface area (Å²) in [5.74, 6) is 0.936. The Labute approximate surface area is 155 Å². The van der Waals surface area contributed by atoms with Gasteiger partial charge in [-0.1, -0.05) is 23.5 Å². The Hall–Kier alpha value is -2.64. The molecule has 0 aliphatic heterocycles. The van der Waals surface area contributed by atoms with Gasteiger partial charge >= 0.3 is 0 Å². The molecular formula is C19H20N2O4S. The Balaban J connectivity index is 2.00. The van der Waals surface area contributed by atoms with Crippen molar-refractivity contribution in [3.63, 3.8) is 0 Å². The molecule has 1 heterocycles. The number of rotatable bonds is 7. The van der Waals surface area contributed by atoms with Crippen molar-refractivity contribution in [3.8, 4) is 11.5 Å². The van der Waals surface area contributed by atoms with Crippen LogP contribution in [-0.2, 0) is 4.74 Å². The lowest BCUT2D eigenvalue weighted by atomic mass is 10.1. The van der Waals surface area contributed by atoms with Gasteiger partial charge in [0.05, 0.1) is 37.6 Å². The van der Waals surface area contributed by atoms with E-state index in [1.807, 2.05) is 24.3 Å². The molecule has 0 N–H and O–H groups in total. The summed E-state index contributed by atoms with van der Waals surface area (Å²) in [5, 5.41) is 0.634. The number of thiazole rings is 1. The predicted octanol–water partition coefficient (Wildman–Crippen LogP) is 3.61. The molecule has 1 amide bonds. The first kappa shape index (κ1) is 18.2. The fourth-order valence-electron chi connectivity index (χ4n) is 2.53. The molecule has 0 fully saturated rings. The summed E-state index contributed by atoms with van der Waals surface area (Å²) in [4.78, 5) is 19.4. The van der Waals surface area contributed by atoms with Crippen LogP contribution in [0.2, 0.25) is 0 Å². The largest absolute Gasteiger partial charge is 0.497 e. The van der Waals surface area contributed by atoms with Crippen molar-refractivity contribution < 1.29 is 19.0 Å². The quantitative estimate of drug-likeness (QED) is 0.634. The molecule has 0 bridgehead atoms. The minimum atomic E-state index is -0.182. The lowest BCUT2D eigenvalue weighted by molar-refractivity contribution is 0.0975. The van der Waals surface area contributed by atoms with Crippen LogP contribution in [0.1, 0.15) is 10.4 Å². The van der Waals surface area contributed by atoms with E-state index in [9.17, 15) is 4.79 Å². The van der Waals surface area contributed by atoms with Gasteiger partial charge in [-0.3, -0.25) is 9.69 Å². The molecule has 26 heavy (non-hydrogen) atoms. The van der Waals surface area contributed by atoms with Crippen LogP contribution in [0.4, 0.5) is 5.13 Å². The zero-order chi connectivity index (χ0) is 18.5. The predicted molar refractivity (Wildman–Crippen MR) is 103 cm³/mol. The second-order valence-corrected chi connectivity index (χ2v) is 6.52. The monoisotopic (exact) mass is 372 g/mol. The molecule has 0 saturated carbocycles. The average Bonchev–Trinajstić information content (AvgIpc) is 3.11. The number of aromatic nitrogens is 1. The van der Waals surface area contributed by atoms with Crippen LogP contribution in [0.5, 0.6) is 11.5 Å². The third-order valence-electron chi connectivity index (χ3n) is 3.88. The molecular weight excluding hydrogens is 352 g/mol. The van der Waals surface area contributed by atoms with Crippen molar-refractivity contribution in [1.82, 2.24) is 4.98 Å². The van der Waals surface area contributed by atoms with E-state index in [4.69, 9.17) is 14.2 Å². The van der Waals surface area contributed by atoms with E-state index in [2.05, 4.69) is 4.98 Å². The fraction of sp³-hybridized carbons (Fsp3) is 0.263. The van der Waals surface area contributed by atoms with E-state index in [1.54, 1.807) is 44.4 Å². The first-order chi connectivity index (χ1) is 12.7. The number of para-hydroxylation sites is 1. The summed E-state index contributed by atoms with van der Waals surface area (Å²) in [6, 6.07) is 12.9. The van der Waals surface area contributed by atoms with Crippen molar-refractivity contribution in [2.24, 2.45) is 0 Å². The van der Waals surface area contributed by atoms with E-state index in [0.29, 0.717) is 35.3 Å². The van der Waals surface area contributed by atoms with Crippen LogP contribution in [0.25, 0.3) is 10.2 Å². The summed E-state index contributed by atoms with van der Waals surface area (Å²) in [7, 11) is 4.72. The summed E-state index contributed by atoms with van der Waals surface area (Å²) in [6.45, 7) is 0.803. The highest BCUT2D eigenvalue weighted by atomic mass is 32.1. The van der Waals surface area contributed by atoms with Crippen molar-refractivity contribution >= 4 is 32.6 Å². The van der Waals surface area contributed by atoms with Gasteiger partial charge in [0.2, 0.25) is 0 Å². The number of nitrogens with zero attached hydrogens (tertiary/aromatic N) is 2. The van der Waals surface area contributed by atoms with Gasteiger partial charge in [0.25, 0.3) is 5.91 Å². The molecule has 3 rings (SSSR count). The summed E-state index contributed by atoms with van der Waals surface area (Å²) in [6.07, 6.45) is 0. The maximum absolute atomic E-state index is 13.2. The highest BCUT2D eigenvalue weighted by Gasteiger charge is 2.22. The molecule has 7 heteroatoms. The lowest BCUT2D eigenvalue weighted by Crippen LogP contribution is -2.33. The lowest BCUT2D eigenvalue weighted by Gasteiger charge is -2.20. The number of anilines is 1. The summed E-state index contributed by atoms with van der Waals surface area (Å²) < 4.78 is 16.8. The number of methoxy groups -OCH3 is 3. The van der Waals surface area contributed by atoms with Crippen LogP contribution < -0.4 is 14.4 Å². The minimum absolute atomic E-state index is 0.182. The zero-order valence-electron chi connectivity index (χ0n) is 14.9. The van der Waals surface area contributed by atoms with Gasteiger partial charge in [-0.25, -0.2) is 4.98 Å². The van der Waals surface area contributed by atoms with Crippen LogP contribution >= 0.6 is 11.3 Å². The van der Waals surface area contributed by atoms with Crippen molar-refractivity contribution in [1.29, 1.82) is 0 Å². The van der Waals surface area contributed by atoms with E-state index in [-0.39, 0.29) is 5.91 Å². The third kappa shape index (κ3) is 3.79. The number of hydrogen-bond donors (Lipinski definition) is 0. The average molecular weight is 372 g/mol. The van der Waals surface area contributed by atoms with Crippen LogP contribution in [0, 0.1) is 0 Å². The summed E-state index contributed by atoms with van der Waals surface area (Å²) in [5.41, 5.74) is 1.34. The molecule has 0 atom stereocenters. The van der Waals surface area contributed by atoms with Gasteiger partial charge in [0.15, 0.2) is 5.13 Å². The smallest absolute Gasteiger partial charge is 0.260 e. The van der Waals surface area contributed by atoms with Gasteiger partial charge in [-0.15, -0.1) is 0 Å². The molecule has 6 nitrogen and oxygen atoms in total. The molecule has 1 aromatic heterocycles. The molecule has 0 saturated heterocycles. The molecule has 0 spiro atoms. The van der Waals surface area contributed by atoms with Crippen molar-refractivity contribution in [2.45, 2.75) is 0 Å². The Bertz CT molecular complexity index is 854. The van der Waals surface area contributed by atoms with Crippen LogP contribution in [0.15, 0.2) is 42.5 Å². The zero-order valence-corrected chi connectivity index (χ0v) is 15.7. The third-order valence-corrected chi connectivity index (χ3v) is 4.94. The van der Waals surface area contributed by atoms with Gasteiger partial charge in [-0.2, -0.15) is 0 Å². The number of carbonyl (C=O) groups is 1. The number of fused-ring (bicyclic) bond motifs is 1. The standard InChI is InChI=1S/C19H20N2O4S/c1-23-9-8-21(19-20-16-6-4-5-7-17(16)26-19)18(22)13-10-14(24-2)12-15(11-13)25-3/h4-7,10-12H,8-9H2,1-3H3. The van der Waals surface area contributed by atoms with Gasteiger partial charge in [0.1, 0.15) is 11.5 Å². The van der Waals surface area contributed by atoms with Gasteiger partial charge < -0.3 is 14.2 Å². The highest BCUT2D eigenvalue weighted by Crippen LogP contribution is 2.31. The topological polar surface area (TPSA) is 60.9 Å². The second-order valence-electron chi connectivity index (χ2n) is 5.52.